The Kier molecular flexibility index (Phi) is 5.99. The van der Waals surface area contributed by atoms with E-state index in [1.165, 1.54) is 0 Å². The topological polar surface area (TPSA) is 78.7 Å². The van der Waals surface area contributed by atoms with Crippen LogP contribution in [-0.4, -0.2) is 66.9 Å². The van der Waals surface area contributed by atoms with Gasteiger partial charge in [0.2, 0.25) is 11.8 Å². The Morgan fingerprint density at radius 2 is 1.95 bits per heavy atom. The van der Waals surface area contributed by atoms with E-state index in [9.17, 15) is 9.59 Å². The lowest BCUT2D eigenvalue weighted by Crippen LogP contribution is -2.52. The minimum atomic E-state index is -0.117. The van der Waals surface area contributed by atoms with Crippen LogP contribution in [0.3, 0.4) is 0 Å². The first-order chi connectivity index (χ1) is 10.1. The summed E-state index contributed by atoms with van der Waals surface area (Å²) in [6.07, 6.45) is 4.10. The molecule has 3 N–H and O–H groups in total. The Bertz CT molecular complexity index is 369. The molecule has 6 nitrogen and oxygen atoms in total. The van der Waals surface area contributed by atoms with Crippen LogP contribution in [0.25, 0.3) is 0 Å². The maximum absolute atomic E-state index is 12.5. The molecule has 0 aliphatic carbocycles. The van der Waals surface area contributed by atoms with Crippen molar-refractivity contribution in [3.8, 4) is 0 Å². The van der Waals surface area contributed by atoms with Crippen LogP contribution < -0.4 is 11.1 Å². The second-order valence-electron chi connectivity index (χ2n) is 6.12. The molecule has 0 aromatic rings. The fourth-order valence-corrected chi connectivity index (χ4v) is 3.27. The zero-order chi connectivity index (χ0) is 15.2. The zero-order valence-corrected chi connectivity index (χ0v) is 13.0. The molecule has 0 radical (unpaired) electrons. The van der Waals surface area contributed by atoms with E-state index in [0.717, 1.165) is 45.3 Å². The van der Waals surface area contributed by atoms with Crippen molar-refractivity contribution in [2.75, 3.05) is 39.3 Å². The van der Waals surface area contributed by atoms with Gasteiger partial charge in [0.1, 0.15) is 0 Å². The summed E-state index contributed by atoms with van der Waals surface area (Å²) < 4.78 is 0. The first-order valence-corrected chi connectivity index (χ1v) is 8.14. The Labute approximate surface area is 127 Å². The SMILES string of the molecule is CC(C(=O)N1CCCC1)N1CCCC(C(=O)NCCN)C1. The molecule has 2 amide bonds. The third-order valence-corrected chi connectivity index (χ3v) is 4.59. The number of piperidine rings is 1. The number of nitrogens with zero attached hydrogens (tertiary/aromatic N) is 2. The fourth-order valence-electron chi connectivity index (χ4n) is 3.27. The second-order valence-corrected chi connectivity index (χ2v) is 6.12. The van der Waals surface area contributed by atoms with Crippen molar-refractivity contribution in [3.63, 3.8) is 0 Å². The molecule has 2 heterocycles. The van der Waals surface area contributed by atoms with Gasteiger partial charge in [0.15, 0.2) is 0 Å². The molecule has 6 heteroatoms. The molecule has 0 bridgehead atoms. The van der Waals surface area contributed by atoms with Crippen LogP contribution in [0.2, 0.25) is 0 Å². The number of carbonyl (C=O) groups is 2. The molecule has 120 valence electrons. The van der Waals surface area contributed by atoms with E-state index in [2.05, 4.69) is 10.2 Å². The highest BCUT2D eigenvalue weighted by molar-refractivity contribution is 5.82. The summed E-state index contributed by atoms with van der Waals surface area (Å²) >= 11 is 0. The largest absolute Gasteiger partial charge is 0.355 e. The first-order valence-electron chi connectivity index (χ1n) is 8.14. The van der Waals surface area contributed by atoms with Gasteiger partial charge in [0.25, 0.3) is 0 Å². The number of likely N-dealkylation sites (tertiary alicyclic amines) is 2. The Balaban J connectivity index is 1.87. The monoisotopic (exact) mass is 296 g/mol. The lowest BCUT2D eigenvalue weighted by atomic mass is 9.95. The van der Waals surface area contributed by atoms with Gasteiger partial charge >= 0.3 is 0 Å². The fraction of sp³-hybridized carbons (Fsp3) is 0.867. The molecule has 2 atom stereocenters. The van der Waals surface area contributed by atoms with Gasteiger partial charge in [-0.15, -0.1) is 0 Å². The summed E-state index contributed by atoms with van der Waals surface area (Å²) in [5.74, 6) is 0.278. The number of nitrogens with one attached hydrogen (secondary N) is 1. The van der Waals surface area contributed by atoms with Crippen LogP contribution in [0.4, 0.5) is 0 Å². The number of rotatable bonds is 5. The van der Waals surface area contributed by atoms with Crippen molar-refractivity contribution >= 4 is 11.8 Å². The molecule has 0 aromatic carbocycles. The van der Waals surface area contributed by atoms with Crippen LogP contribution in [0.1, 0.15) is 32.6 Å². The summed E-state index contributed by atoms with van der Waals surface area (Å²) in [6.45, 7) is 6.32. The summed E-state index contributed by atoms with van der Waals surface area (Å²) in [5, 5.41) is 2.86. The molecule has 0 saturated carbocycles. The Morgan fingerprint density at radius 1 is 1.24 bits per heavy atom. The highest BCUT2D eigenvalue weighted by Gasteiger charge is 2.33. The predicted octanol–water partition coefficient (Wildman–Crippen LogP) is -0.216. The molecule has 2 unspecified atom stereocenters. The van der Waals surface area contributed by atoms with Crippen LogP contribution in [0, 0.1) is 5.92 Å². The standard InChI is InChI=1S/C15H28N4O2/c1-12(15(21)18-8-2-3-9-18)19-10-4-5-13(11-19)14(20)17-7-6-16/h12-13H,2-11,16H2,1H3,(H,17,20). The van der Waals surface area contributed by atoms with Crippen LogP contribution in [-0.2, 0) is 9.59 Å². The van der Waals surface area contributed by atoms with Gasteiger partial charge in [-0.1, -0.05) is 0 Å². The average Bonchev–Trinajstić information content (AvgIpc) is 3.05. The highest BCUT2D eigenvalue weighted by atomic mass is 16.2. The average molecular weight is 296 g/mol. The number of amides is 2. The number of hydrogen-bond acceptors (Lipinski definition) is 4. The summed E-state index contributed by atoms with van der Waals surface area (Å²) in [6, 6.07) is -0.117. The van der Waals surface area contributed by atoms with Gasteiger partial charge in [-0.3, -0.25) is 14.5 Å². The molecule has 2 saturated heterocycles. The maximum Gasteiger partial charge on any atom is 0.239 e. The predicted molar refractivity (Wildman–Crippen MR) is 81.6 cm³/mol. The van der Waals surface area contributed by atoms with E-state index in [-0.39, 0.29) is 23.8 Å². The molecule has 2 fully saturated rings. The summed E-state index contributed by atoms with van der Waals surface area (Å²) in [4.78, 5) is 28.6. The number of hydrogen-bond donors (Lipinski definition) is 2. The molecular formula is C15H28N4O2. The molecule has 0 aromatic heterocycles. The van der Waals surface area contributed by atoms with Crippen molar-refractivity contribution in [3.05, 3.63) is 0 Å². The third kappa shape index (κ3) is 4.17. The van der Waals surface area contributed by atoms with Crippen molar-refractivity contribution in [1.29, 1.82) is 0 Å². The first kappa shape index (κ1) is 16.2. The van der Waals surface area contributed by atoms with Crippen LogP contribution in [0.15, 0.2) is 0 Å². The molecule has 0 spiro atoms. The van der Waals surface area contributed by atoms with Crippen LogP contribution >= 0.6 is 0 Å². The smallest absolute Gasteiger partial charge is 0.239 e. The van der Waals surface area contributed by atoms with E-state index >= 15 is 0 Å². The highest BCUT2D eigenvalue weighted by Crippen LogP contribution is 2.20. The lowest BCUT2D eigenvalue weighted by Gasteiger charge is -2.36. The van der Waals surface area contributed by atoms with E-state index in [1.54, 1.807) is 0 Å². The molecule has 2 aliphatic heterocycles. The van der Waals surface area contributed by atoms with Gasteiger partial charge in [0, 0.05) is 32.7 Å². The summed E-state index contributed by atoms with van der Waals surface area (Å²) in [7, 11) is 0. The minimum absolute atomic E-state index is 0.0147. The van der Waals surface area contributed by atoms with Gasteiger partial charge in [-0.25, -0.2) is 0 Å². The Morgan fingerprint density at radius 3 is 2.62 bits per heavy atom. The molecule has 2 aliphatic rings. The van der Waals surface area contributed by atoms with E-state index in [1.807, 2.05) is 11.8 Å². The van der Waals surface area contributed by atoms with Gasteiger partial charge < -0.3 is 16.0 Å². The van der Waals surface area contributed by atoms with E-state index < -0.39 is 0 Å². The third-order valence-electron chi connectivity index (χ3n) is 4.59. The van der Waals surface area contributed by atoms with Gasteiger partial charge in [-0.2, -0.15) is 0 Å². The quantitative estimate of drug-likeness (QED) is 0.735. The second kappa shape index (κ2) is 7.75. The van der Waals surface area contributed by atoms with Gasteiger partial charge in [0.05, 0.1) is 12.0 Å². The van der Waals surface area contributed by atoms with Crippen molar-refractivity contribution in [2.24, 2.45) is 11.7 Å². The summed E-state index contributed by atoms with van der Waals surface area (Å²) in [5.41, 5.74) is 5.42. The van der Waals surface area contributed by atoms with Crippen molar-refractivity contribution in [2.45, 2.75) is 38.6 Å². The van der Waals surface area contributed by atoms with Crippen molar-refractivity contribution < 1.29 is 9.59 Å². The van der Waals surface area contributed by atoms with Crippen LogP contribution in [0.5, 0.6) is 0 Å². The molecular weight excluding hydrogens is 268 g/mol. The zero-order valence-electron chi connectivity index (χ0n) is 13.0. The maximum atomic E-state index is 12.5. The Hall–Kier alpha value is -1.14. The molecule has 2 rings (SSSR count). The molecule has 21 heavy (non-hydrogen) atoms. The van der Waals surface area contributed by atoms with E-state index in [4.69, 9.17) is 5.73 Å². The van der Waals surface area contributed by atoms with E-state index in [0.29, 0.717) is 19.6 Å². The normalized spacial score (nSPS) is 24.9. The lowest BCUT2D eigenvalue weighted by molar-refractivity contribution is -0.137. The van der Waals surface area contributed by atoms with Gasteiger partial charge in [-0.05, 0) is 39.2 Å². The minimum Gasteiger partial charge on any atom is -0.355 e. The van der Waals surface area contributed by atoms with Crippen molar-refractivity contribution in [1.82, 2.24) is 15.1 Å². The number of nitrogens with two attached hydrogens (primary N) is 1. The number of carbonyl (C=O) groups excluding carboxylic acids is 2.